The molecule has 1 saturated heterocycles. The minimum Gasteiger partial charge on any atom is -0.379 e. The highest BCUT2D eigenvalue weighted by atomic mass is 32.2. The average molecular weight is 190 g/mol. The van der Waals surface area contributed by atoms with Gasteiger partial charge in [0.2, 0.25) is 5.91 Å². The summed E-state index contributed by atoms with van der Waals surface area (Å²) in [6, 6.07) is 0. The molecular formula is C7H14N2O2S. The summed E-state index contributed by atoms with van der Waals surface area (Å²) < 4.78 is 4.98. The lowest BCUT2D eigenvalue weighted by molar-refractivity contribution is -0.121. The smallest absolute Gasteiger partial charge is 0.238 e. The lowest BCUT2D eigenvalue weighted by Gasteiger charge is -2.28. The molecule has 0 aromatic rings. The van der Waals surface area contributed by atoms with Gasteiger partial charge in [-0.25, -0.2) is 0 Å². The van der Waals surface area contributed by atoms with Crippen LogP contribution < -0.4 is 11.5 Å². The summed E-state index contributed by atoms with van der Waals surface area (Å²) in [6.45, 7) is 3.18. The van der Waals surface area contributed by atoms with Gasteiger partial charge in [0.05, 0.1) is 18.5 Å². The summed E-state index contributed by atoms with van der Waals surface area (Å²) in [6.07, 6.45) is 0. The fraction of sp³-hybridized carbons (Fsp3) is 0.857. The van der Waals surface area contributed by atoms with E-state index in [1.807, 2.05) is 0 Å². The van der Waals surface area contributed by atoms with Crippen molar-refractivity contribution < 1.29 is 9.53 Å². The Kier molecular flexibility index (Phi) is 2.98. The van der Waals surface area contributed by atoms with Crippen molar-refractivity contribution in [1.82, 2.24) is 0 Å². The number of hydrogen-bond donors (Lipinski definition) is 2. The number of thioether (sulfide) groups is 1. The molecule has 1 fully saturated rings. The summed E-state index contributed by atoms with van der Waals surface area (Å²) in [4.78, 5) is 10.8. The van der Waals surface area contributed by atoms with Gasteiger partial charge in [0.1, 0.15) is 5.54 Å². The highest BCUT2D eigenvalue weighted by Crippen LogP contribution is 2.21. The SMILES string of the molecule is CC(N)(CSC1COC1)C(N)=O. The van der Waals surface area contributed by atoms with E-state index in [1.165, 1.54) is 0 Å². The fourth-order valence-electron chi connectivity index (χ4n) is 0.672. The number of amides is 1. The van der Waals surface area contributed by atoms with Gasteiger partial charge in [0.25, 0.3) is 0 Å². The molecule has 1 atom stereocenters. The van der Waals surface area contributed by atoms with Crippen molar-refractivity contribution >= 4 is 17.7 Å². The highest BCUT2D eigenvalue weighted by molar-refractivity contribution is 8.00. The van der Waals surface area contributed by atoms with E-state index in [4.69, 9.17) is 16.2 Å². The third kappa shape index (κ3) is 2.36. The van der Waals surface area contributed by atoms with Crippen LogP contribution in [0.3, 0.4) is 0 Å². The summed E-state index contributed by atoms with van der Waals surface area (Å²) in [7, 11) is 0. The molecule has 4 nitrogen and oxygen atoms in total. The topological polar surface area (TPSA) is 78.3 Å². The van der Waals surface area contributed by atoms with Gasteiger partial charge in [-0.15, -0.1) is 0 Å². The van der Waals surface area contributed by atoms with Gasteiger partial charge in [0.15, 0.2) is 0 Å². The molecule has 1 unspecified atom stereocenters. The van der Waals surface area contributed by atoms with Crippen molar-refractivity contribution in [2.75, 3.05) is 19.0 Å². The van der Waals surface area contributed by atoms with Crippen LogP contribution in [0.2, 0.25) is 0 Å². The van der Waals surface area contributed by atoms with E-state index in [0.717, 1.165) is 13.2 Å². The Morgan fingerprint density at radius 3 is 2.67 bits per heavy atom. The van der Waals surface area contributed by atoms with Gasteiger partial charge in [-0.3, -0.25) is 4.79 Å². The molecule has 0 saturated carbocycles. The van der Waals surface area contributed by atoms with Crippen molar-refractivity contribution in [2.24, 2.45) is 11.5 Å². The Morgan fingerprint density at radius 1 is 1.75 bits per heavy atom. The van der Waals surface area contributed by atoms with Crippen LogP contribution in [0, 0.1) is 0 Å². The number of rotatable bonds is 4. The Labute approximate surface area is 76.0 Å². The van der Waals surface area contributed by atoms with Gasteiger partial charge in [0, 0.05) is 5.75 Å². The van der Waals surface area contributed by atoms with Crippen LogP contribution in [0.15, 0.2) is 0 Å². The number of carbonyl (C=O) groups excluding carboxylic acids is 1. The largest absolute Gasteiger partial charge is 0.379 e. The molecule has 1 rings (SSSR count). The molecular weight excluding hydrogens is 176 g/mol. The minimum absolute atomic E-state index is 0.449. The summed E-state index contributed by atoms with van der Waals surface area (Å²) in [5, 5.41) is 0.493. The quantitative estimate of drug-likeness (QED) is 0.615. The monoisotopic (exact) mass is 190 g/mol. The maximum Gasteiger partial charge on any atom is 0.238 e. The third-order valence-corrected chi connectivity index (χ3v) is 3.30. The molecule has 0 aromatic carbocycles. The van der Waals surface area contributed by atoms with E-state index in [1.54, 1.807) is 18.7 Å². The normalized spacial score (nSPS) is 22.8. The first kappa shape index (κ1) is 9.83. The number of ether oxygens (including phenoxy) is 1. The van der Waals surface area contributed by atoms with E-state index in [2.05, 4.69) is 0 Å². The van der Waals surface area contributed by atoms with Crippen molar-refractivity contribution in [3.05, 3.63) is 0 Å². The van der Waals surface area contributed by atoms with Crippen LogP contribution in [0.25, 0.3) is 0 Å². The number of primary amides is 1. The van der Waals surface area contributed by atoms with Crippen LogP contribution >= 0.6 is 11.8 Å². The van der Waals surface area contributed by atoms with Crippen molar-refractivity contribution in [3.8, 4) is 0 Å². The molecule has 12 heavy (non-hydrogen) atoms. The van der Waals surface area contributed by atoms with E-state index in [-0.39, 0.29) is 0 Å². The van der Waals surface area contributed by atoms with Crippen LogP contribution in [-0.4, -0.2) is 35.7 Å². The van der Waals surface area contributed by atoms with Gasteiger partial charge in [-0.05, 0) is 6.92 Å². The lowest BCUT2D eigenvalue weighted by Crippen LogP contribution is -2.52. The molecule has 1 aliphatic heterocycles. The molecule has 1 amide bonds. The Balaban J connectivity index is 2.24. The maximum atomic E-state index is 10.8. The first-order chi connectivity index (χ1) is 5.52. The lowest BCUT2D eigenvalue weighted by atomic mass is 10.1. The fourth-order valence-corrected chi connectivity index (χ4v) is 1.78. The van der Waals surface area contributed by atoms with Crippen molar-refractivity contribution in [3.63, 3.8) is 0 Å². The molecule has 70 valence electrons. The van der Waals surface area contributed by atoms with Crippen LogP contribution in [0.4, 0.5) is 0 Å². The summed E-state index contributed by atoms with van der Waals surface area (Å²) in [5.74, 6) is 0.117. The second-order valence-electron chi connectivity index (χ2n) is 3.25. The highest BCUT2D eigenvalue weighted by Gasteiger charge is 2.29. The number of nitrogens with two attached hydrogens (primary N) is 2. The number of hydrogen-bond acceptors (Lipinski definition) is 4. The van der Waals surface area contributed by atoms with Gasteiger partial charge in [-0.2, -0.15) is 11.8 Å². The second kappa shape index (κ2) is 3.64. The minimum atomic E-state index is -0.889. The van der Waals surface area contributed by atoms with E-state index in [9.17, 15) is 4.79 Å². The van der Waals surface area contributed by atoms with Crippen LogP contribution in [0.5, 0.6) is 0 Å². The van der Waals surface area contributed by atoms with Gasteiger partial charge >= 0.3 is 0 Å². The zero-order chi connectivity index (χ0) is 9.19. The van der Waals surface area contributed by atoms with E-state index < -0.39 is 11.4 Å². The van der Waals surface area contributed by atoms with Crippen LogP contribution in [0.1, 0.15) is 6.92 Å². The molecule has 0 bridgehead atoms. The maximum absolute atomic E-state index is 10.8. The molecule has 4 N–H and O–H groups in total. The number of carbonyl (C=O) groups is 1. The van der Waals surface area contributed by atoms with E-state index in [0.29, 0.717) is 11.0 Å². The van der Waals surface area contributed by atoms with Crippen LogP contribution in [-0.2, 0) is 9.53 Å². The molecule has 0 aromatic heterocycles. The molecule has 1 aliphatic rings. The Bertz CT molecular complexity index is 180. The van der Waals surface area contributed by atoms with Crippen molar-refractivity contribution in [2.45, 2.75) is 17.7 Å². The molecule has 0 aliphatic carbocycles. The second-order valence-corrected chi connectivity index (χ2v) is 4.54. The zero-order valence-corrected chi connectivity index (χ0v) is 7.89. The predicted molar refractivity (Wildman–Crippen MR) is 48.9 cm³/mol. The zero-order valence-electron chi connectivity index (χ0n) is 7.08. The Morgan fingerprint density at radius 2 is 2.33 bits per heavy atom. The summed E-state index contributed by atoms with van der Waals surface area (Å²) in [5.41, 5.74) is 9.87. The predicted octanol–water partition coefficient (Wildman–Crippen LogP) is -0.679. The Hall–Kier alpha value is -0.260. The molecule has 5 heteroatoms. The summed E-state index contributed by atoms with van der Waals surface area (Å²) >= 11 is 1.65. The standard InChI is InChI=1S/C7H14N2O2S/c1-7(9,6(8)10)4-12-5-2-11-3-5/h5H,2-4,9H2,1H3,(H2,8,10). The molecule has 1 heterocycles. The van der Waals surface area contributed by atoms with E-state index >= 15 is 0 Å². The first-order valence-corrected chi connectivity index (χ1v) is 4.85. The third-order valence-electron chi connectivity index (χ3n) is 1.79. The molecule has 0 radical (unpaired) electrons. The van der Waals surface area contributed by atoms with Gasteiger partial charge < -0.3 is 16.2 Å². The first-order valence-electron chi connectivity index (χ1n) is 3.80. The van der Waals surface area contributed by atoms with Crippen molar-refractivity contribution in [1.29, 1.82) is 0 Å². The average Bonchev–Trinajstić information content (AvgIpc) is 1.83. The molecule has 0 spiro atoms. The van der Waals surface area contributed by atoms with Gasteiger partial charge in [-0.1, -0.05) is 0 Å².